The van der Waals surface area contributed by atoms with Gasteiger partial charge in [0.1, 0.15) is 5.75 Å². The molecule has 0 saturated carbocycles. The summed E-state index contributed by atoms with van der Waals surface area (Å²) >= 11 is 0. The highest BCUT2D eigenvalue weighted by Gasteiger charge is 2.35. The summed E-state index contributed by atoms with van der Waals surface area (Å²) < 4.78 is 34.2. The second-order valence-electron chi connectivity index (χ2n) is 7.29. The molecule has 2 saturated heterocycles. The molecule has 158 valence electrons. The molecule has 0 aromatic heterocycles. The van der Waals surface area contributed by atoms with Crippen molar-refractivity contribution in [1.29, 1.82) is 0 Å². The number of benzene rings is 1. The summed E-state index contributed by atoms with van der Waals surface area (Å²) in [6.45, 7) is 2.16. The molecular formula is C19H30IN3O4S. The van der Waals surface area contributed by atoms with Gasteiger partial charge < -0.3 is 20.1 Å². The highest BCUT2D eigenvalue weighted by atomic mass is 127. The quantitative estimate of drug-likeness (QED) is 0.347. The number of methoxy groups -OCH3 is 1. The standard InChI is InChI=1S/C19H29N3O4S.HI/c1-20-18(22-16-7-12-27(23,24)13-16)21-14-19(8-10-26-11-9-19)15-3-5-17(25-2)6-4-15;/h3-6,16H,7-14H2,1-2H3,(H2,20,21,22);1H. The van der Waals surface area contributed by atoms with Crippen LogP contribution in [0.15, 0.2) is 29.3 Å². The number of nitrogens with zero attached hydrogens (tertiary/aromatic N) is 1. The van der Waals surface area contributed by atoms with Crippen LogP contribution in [0, 0.1) is 0 Å². The van der Waals surface area contributed by atoms with Gasteiger partial charge in [-0.1, -0.05) is 12.1 Å². The Labute approximate surface area is 184 Å². The fourth-order valence-electron chi connectivity index (χ4n) is 3.82. The van der Waals surface area contributed by atoms with Gasteiger partial charge in [-0.2, -0.15) is 0 Å². The second-order valence-corrected chi connectivity index (χ2v) is 9.52. The van der Waals surface area contributed by atoms with Gasteiger partial charge in [-0.25, -0.2) is 8.42 Å². The van der Waals surface area contributed by atoms with Gasteiger partial charge >= 0.3 is 0 Å². The molecule has 2 aliphatic rings. The van der Waals surface area contributed by atoms with Crippen molar-refractivity contribution in [3.05, 3.63) is 29.8 Å². The van der Waals surface area contributed by atoms with E-state index in [9.17, 15) is 8.42 Å². The van der Waals surface area contributed by atoms with E-state index < -0.39 is 9.84 Å². The number of guanidine groups is 1. The molecule has 9 heteroatoms. The third kappa shape index (κ3) is 5.73. The minimum absolute atomic E-state index is 0. The van der Waals surface area contributed by atoms with E-state index in [0.717, 1.165) is 31.8 Å². The first kappa shape index (κ1) is 23.2. The molecule has 28 heavy (non-hydrogen) atoms. The third-order valence-electron chi connectivity index (χ3n) is 5.54. The lowest BCUT2D eigenvalue weighted by Crippen LogP contribution is -2.50. The fourth-order valence-corrected chi connectivity index (χ4v) is 5.50. The summed E-state index contributed by atoms with van der Waals surface area (Å²) in [5, 5.41) is 6.67. The summed E-state index contributed by atoms with van der Waals surface area (Å²) in [6, 6.07) is 8.14. The molecule has 2 N–H and O–H groups in total. The van der Waals surface area contributed by atoms with E-state index in [1.54, 1.807) is 14.2 Å². The summed E-state index contributed by atoms with van der Waals surface area (Å²) in [7, 11) is 0.457. The van der Waals surface area contributed by atoms with Gasteiger partial charge in [-0.3, -0.25) is 4.99 Å². The van der Waals surface area contributed by atoms with Crippen LogP contribution in [-0.4, -0.2) is 65.8 Å². The topological polar surface area (TPSA) is 89.0 Å². The molecule has 7 nitrogen and oxygen atoms in total. The van der Waals surface area contributed by atoms with E-state index >= 15 is 0 Å². The van der Waals surface area contributed by atoms with Crippen LogP contribution in [0.5, 0.6) is 5.75 Å². The van der Waals surface area contributed by atoms with Crippen LogP contribution >= 0.6 is 24.0 Å². The first-order chi connectivity index (χ1) is 13.0. The Morgan fingerprint density at radius 1 is 1.29 bits per heavy atom. The lowest BCUT2D eigenvalue weighted by atomic mass is 9.74. The Balaban J connectivity index is 0.00000280. The second kappa shape index (κ2) is 10.1. The highest BCUT2D eigenvalue weighted by molar-refractivity contribution is 14.0. The van der Waals surface area contributed by atoms with Gasteiger partial charge in [0.25, 0.3) is 0 Å². The van der Waals surface area contributed by atoms with Gasteiger partial charge in [-0.15, -0.1) is 24.0 Å². The minimum atomic E-state index is -2.92. The van der Waals surface area contributed by atoms with Crippen molar-refractivity contribution in [3.8, 4) is 5.75 Å². The molecule has 1 unspecified atom stereocenters. The molecule has 0 amide bonds. The molecule has 1 atom stereocenters. The normalized spacial score (nSPS) is 23.5. The predicted octanol–water partition coefficient (Wildman–Crippen LogP) is 1.71. The summed E-state index contributed by atoms with van der Waals surface area (Å²) in [6.07, 6.45) is 2.46. The van der Waals surface area contributed by atoms with Crippen LogP contribution in [0.4, 0.5) is 0 Å². The molecular weight excluding hydrogens is 493 g/mol. The number of hydrogen-bond donors (Lipinski definition) is 2. The number of sulfone groups is 1. The molecule has 0 spiro atoms. The predicted molar refractivity (Wildman–Crippen MR) is 122 cm³/mol. The van der Waals surface area contributed by atoms with E-state index in [4.69, 9.17) is 9.47 Å². The van der Waals surface area contributed by atoms with Crippen molar-refractivity contribution in [3.63, 3.8) is 0 Å². The highest BCUT2D eigenvalue weighted by Crippen LogP contribution is 2.35. The number of aliphatic imine (C=N–C) groups is 1. The van der Waals surface area contributed by atoms with Crippen molar-refractivity contribution in [2.75, 3.05) is 45.4 Å². The van der Waals surface area contributed by atoms with E-state index in [1.165, 1.54) is 5.56 Å². The Morgan fingerprint density at radius 3 is 2.50 bits per heavy atom. The average molecular weight is 523 g/mol. The number of halogens is 1. The first-order valence-corrected chi connectivity index (χ1v) is 11.2. The fraction of sp³-hybridized carbons (Fsp3) is 0.632. The zero-order valence-electron chi connectivity index (χ0n) is 16.4. The van der Waals surface area contributed by atoms with Gasteiger partial charge in [0.2, 0.25) is 0 Å². The van der Waals surface area contributed by atoms with Gasteiger partial charge in [-0.05, 0) is 37.0 Å². The summed E-state index contributed by atoms with van der Waals surface area (Å²) in [4.78, 5) is 4.28. The Kier molecular flexibility index (Phi) is 8.38. The molecule has 2 heterocycles. The van der Waals surface area contributed by atoms with E-state index in [-0.39, 0.29) is 46.9 Å². The van der Waals surface area contributed by atoms with Crippen molar-refractivity contribution in [1.82, 2.24) is 10.6 Å². The van der Waals surface area contributed by atoms with Crippen LogP contribution in [0.3, 0.4) is 0 Å². The molecule has 0 radical (unpaired) electrons. The number of ether oxygens (including phenoxy) is 2. The molecule has 0 aliphatic carbocycles. The maximum absolute atomic E-state index is 11.7. The average Bonchev–Trinajstić information content (AvgIpc) is 3.04. The van der Waals surface area contributed by atoms with Crippen LogP contribution in [0.1, 0.15) is 24.8 Å². The maximum Gasteiger partial charge on any atom is 0.191 e. The Hall–Kier alpha value is -1.07. The van der Waals surface area contributed by atoms with E-state index in [1.807, 2.05) is 12.1 Å². The first-order valence-electron chi connectivity index (χ1n) is 9.36. The Bertz CT molecular complexity index is 762. The third-order valence-corrected chi connectivity index (χ3v) is 7.31. The number of nitrogens with one attached hydrogen (secondary N) is 2. The zero-order valence-corrected chi connectivity index (χ0v) is 19.6. The van der Waals surface area contributed by atoms with Crippen molar-refractivity contribution in [2.45, 2.75) is 30.7 Å². The number of rotatable bonds is 5. The molecule has 0 bridgehead atoms. The van der Waals surface area contributed by atoms with E-state index in [0.29, 0.717) is 18.9 Å². The lowest BCUT2D eigenvalue weighted by Gasteiger charge is -2.38. The number of hydrogen-bond acceptors (Lipinski definition) is 5. The largest absolute Gasteiger partial charge is 0.497 e. The van der Waals surface area contributed by atoms with Crippen LogP contribution in [0.25, 0.3) is 0 Å². The molecule has 1 aromatic carbocycles. The lowest BCUT2D eigenvalue weighted by molar-refractivity contribution is 0.0513. The monoisotopic (exact) mass is 523 g/mol. The smallest absolute Gasteiger partial charge is 0.191 e. The van der Waals surface area contributed by atoms with Crippen LogP contribution in [-0.2, 0) is 20.0 Å². The van der Waals surface area contributed by atoms with Crippen LogP contribution < -0.4 is 15.4 Å². The van der Waals surface area contributed by atoms with Crippen molar-refractivity contribution < 1.29 is 17.9 Å². The molecule has 3 rings (SSSR count). The van der Waals surface area contributed by atoms with Gasteiger partial charge in [0.05, 0.1) is 18.6 Å². The molecule has 2 fully saturated rings. The molecule has 2 aliphatic heterocycles. The molecule has 1 aromatic rings. The van der Waals surface area contributed by atoms with Gasteiger partial charge in [0, 0.05) is 38.3 Å². The van der Waals surface area contributed by atoms with Crippen molar-refractivity contribution in [2.24, 2.45) is 4.99 Å². The summed E-state index contributed by atoms with van der Waals surface area (Å²) in [5.74, 6) is 1.91. The van der Waals surface area contributed by atoms with Gasteiger partial charge in [0.15, 0.2) is 15.8 Å². The minimum Gasteiger partial charge on any atom is -0.497 e. The zero-order chi connectivity index (χ0) is 19.3. The van der Waals surface area contributed by atoms with E-state index in [2.05, 4.69) is 27.8 Å². The maximum atomic E-state index is 11.7. The SMILES string of the molecule is CN=C(NCC1(c2ccc(OC)cc2)CCOCC1)NC1CCS(=O)(=O)C1.I. The Morgan fingerprint density at radius 2 is 1.96 bits per heavy atom. The summed E-state index contributed by atoms with van der Waals surface area (Å²) in [5.41, 5.74) is 1.20. The van der Waals surface area contributed by atoms with Crippen molar-refractivity contribution >= 4 is 39.8 Å². The van der Waals surface area contributed by atoms with Crippen LogP contribution in [0.2, 0.25) is 0 Å².